The van der Waals surface area contributed by atoms with E-state index in [0.29, 0.717) is 30.7 Å². The third-order valence-corrected chi connectivity index (χ3v) is 3.98. The van der Waals surface area contributed by atoms with Crippen molar-refractivity contribution in [3.05, 3.63) is 35.4 Å². The maximum Gasteiger partial charge on any atom is 0.338 e. The molecule has 2 rings (SSSR count). The van der Waals surface area contributed by atoms with E-state index in [1.54, 1.807) is 12.1 Å². The average molecular weight is 355 g/mol. The Bertz CT molecular complexity index is 526. The van der Waals surface area contributed by atoms with Crippen LogP contribution in [0.1, 0.15) is 54.9 Å². The lowest BCUT2D eigenvalue weighted by molar-refractivity contribution is 0.0335. The lowest BCUT2D eigenvalue weighted by atomic mass is 9.96. The Hall–Kier alpha value is -1.59. The first kappa shape index (κ1) is 20.5. The summed E-state index contributed by atoms with van der Waals surface area (Å²) in [5, 5.41) is 0. The molecule has 0 aromatic heterocycles. The molecule has 2 N–H and O–H groups in total. The Morgan fingerprint density at radius 2 is 1.75 bits per heavy atom. The topological polar surface area (TPSA) is 73.9 Å². The van der Waals surface area contributed by atoms with Crippen LogP contribution in [0.5, 0.6) is 0 Å². The highest BCUT2D eigenvalue weighted by Gasteiger charge is 2.13. The maximum absolute atomic E-state index is 11.9. The highest BCUT2D eigenvalue weighted by molar-refractivity contribution is 5.98. The molecule has 134 valence electrons. The zero-order valence-corrected chi connectivity index (χ0v) is 15.0. The SMILES string of the molecule is CCOCCOC(=O)c1ccc(C(N)=NC2CCCCC2)cc1.Cl. The molecule has 5 nitrogen and oxygen atoms in total. The van der Waals surface area contributed by atoms with Crippen molar-refractivity contribution >= 4 is 24.2 Å². The van der Waals surface area contributed by atoms with Crippen molar-refractivity contribution in [2.75, 3.05) is 19.8 Å². The number of aliphatic imine (C=N–C) groups is 1. The van der Waals surface area contributed by atoms with Crippen LogP contribution in [0, 0.1) is 0 Å². The Balaban J connectivity index is 0.00000288. The number of carbonyl (C=O) groups is 1. The van der Waals surface area contributed by atoms with Gasteiger partial charge in [-0.25, -0.2) is 4.79 Å². The number of ether oxygens (including phenoxy) is 2. The summed E-state index contributed by atoms with van der Waals surface area (Å²) in [5.41, 5.74) is 7.44. The van der Waals surface area contributed by atoms with Crippen molar-refractivity contribution in [2.45, 2.75) is 45.1 Å². The van der Waals surface area contributed by atoms with Gasteiger partial charge in [0.05, 0.1) is 18.2 Å². The van der Waals surface area contributed by atoms with Gasteiger partial charge >= 0.3 is 5.97 Å². The summed E-state index contributed by atoms with van der Waals surface area (Å²) >= 11 is 0. The van der Waals surface area contributed by atoms with Gasteiger partial charge in [0.15, 0.2) is 0 Å². The second-order valence-electron chi connectivity index (χ2n) is 5.72. The Morgan fingerprint density at radius 1 is 1.12 bits per heavy atom. The molecule has 0 spiro atoms. The standard InChI is InChI=1S/C18H26N2O3.ClH/c1-2-22-12-13-23-18(21)15-10-8-14(9-11-15)17(19)20-16-6-4-3-5-7-16;/h8-11,16H,2-7,12-13H2,1H3,(H2,19,20);1H. The first-order valence-electron chi connectivity index (χ1n) is 8.39. The molecule has 0 radical (unpaired) electrons. The number of nitrogens with zero attached hydrogens (tertiary/aromatic N) is 1. The smallest absolute Gasteiger partial charge is 0.338 e. The van der Waals surface area contributed by atoms with Crippen LogP contribution in [0.3, 0.4) is 0 Å². The van der Waals surface area contributed by atoms with Crippen molar-refractivity contribution in [3.63, 3.8) is 0 Å². The molecule has 24 heavy (non-hydrogen) atoms. The van der Waals surface area contributed by atoms with E-state index < -0.39 is 0 Å². The monoisotopic (exact) mass is 354 g/mol. The van der Waals surface area contributed by atoms with Gasteiger partial charge < -0.3 is 15.2 Å². The average Bonchev–Trinajstić information content (AvgIpc) is 2.59. The second kappa shape index (κ2) is 11.0. The van der Waals surface area contributed by atoms with Crippen LogP contribution in [0.25, 0.3) is 0 Å². The molecule has 0 bridgehead atoms. The summed E-state index contributed by atoms with van der Waals surface area (Å²) in [4.78, 5) is 16.5. The molecule has 1 saturated carbocycles. The zero-order chi connectivity index (χ0) is 16.5. The number of benzene rings is 1. The third-order valence-electron chi connectivity index (χ3n) is 3.98. The summed E-state index contributed by atoms with van der Waals surface area (Å²) in [6.45, 7) is 3.20. The van der Waals surface area contributed by atoms with Crippen LogP contribution in [-0.4, -0.2) is 37.7 Å². The maximum atomic E-state index is 11.9. The summed E-state index contributed by atoms with van der Waals surface area (Å²) in [6.07, 6.45) is 5.99. The summed E-state index contributed by atoms with van der Waals surface area (Å²) in [6, 6.07) is 7.43. The lowest BCUT2D eigenvalue weighted by Gasteiger charge is -2.18. The van der Waals surface area contributed by atoms with Crippen molar-refractivity contribution in [1.82, 2.24) is 0 Å². The van der Waals surface area contributed by atoms with Gasteiger partial charge in [0, 0.05) is 12.2 Å². The van der Waals surface area contributed by atoms with Gasteiger partial charge in [-0.1, -0.05) is 31.4 Å². The second-order valence-corrected chi connectivity index (χ2v) is 5.72. The Kier molecular flexibility index (Phi) is 9.42. The van der Waals surface area contributed by atoms with E-state index in [9.17, 15) is 4.79 Å². The molecule has 6 heteroatoms. The van der Waals surface area contributed by atoms with Crippen LogP contribution < -0.4 is 5.73 Å². The van der Waals surface area contributed by atoms with Gasteiger partial charge in [-0.15, -0.1) is 12.4 Å². The zero-order valence-electron chi connectivity index (χ0n) is 14.2. The molecule has 1 aliphatic carbocycles. The van der Waals surface area contributed by atoms with Gasteiger partial charge in [-0.2, -0.15) is 0 Å². The lowest BCUT2D eigenvalue weighted by Crippen LogP contribution is -2.20. The summed E-state index contributed by atoms with van der Waals surface area (Å²) < 4.78 is 10.3. The summed E-state index contributed by atoms with van der Waals surface area (Å²) in [5.74, 6) is 0.201. The van der Waals surface area contributed by atoms with E-state index in [0.717, 1.165) is 18.4 Å². The van der Waals surface area contributed by atoms with Crippen LogP contribution in [0.4, 0.5) is 0 Å². The fourth-order valence-electron chi connectivity index (χ4n) is 2.68. The third kappa shape index (κ3) is 6.49. The number of halogens is 1. The number of hydrogen-bond donors (Lipinski definition) is 1. The number of esters is 1. The van der Waals surface area contributed by atoms with Gasteiger partial charge in [0.2, 0.25) is 0 Å². The van der Waals surface area contributed by atoms with Crippen LogP contribution in [-0.2, 0) is 9.47 Å². The highest BCUT2D eigenvalue weighted by Crippen LogP contribution is 2.20. The van der Waals surface area contributed by atoms with Crippen LogP contribution in [0.2, 0.25) is 0 Å². The number of carbonyl (C=O) groups excluding carboxylic acids is 1. The van der Waals surface area contributed by atoms with Crippen molar-refractivity contribution in [1.29, 1.82) is 0 Å². The molecule has 0 heterocycles. The van der Waals surface area contributed by atoms with E-state index in [1.807, 2.05) is 19.1 Å². The Morgan fingerprint density at radius 3 is 2.38 bits per heavy atom. The first-order valence-corrected chi connectivity index (χ1v) is 8.39. The Labute approximate surface area is 150 Å². The molecule has 0 unspecified atom stereocenters. The largest absolute Gasteiger partial charge is 0.460 e. The van der Waals surface area contributed by atoms with Gasteiger partial charge in [-0.3, -0.25) is 4.99 Å². The fourth-order valence-corrected chi connectivity index (χ4v) is 2.68. The van der Waals surface area contributed by atoms with E-state index in [-0.39, 0.29) is 25.0 Å². The van der Waals surface area contributed by atoms with E-state index in [2.05, 4.69) is 4.99 Å². The highest BCUT2D eigenvalue weighted by atomic mass is 35.5. The van der Waals surface area contributed by atoms with Gasteiger partial charge in [-0.05, 0) is 31.9 Å². The number of amidine groups is 1. The van der Waals surface area contributed by atoms with Crippen molar-refractivity contribution < 1.29 is 14.3 Å². The minimum atomic E-state index is -0.348. The van der Waals surface area contributed by atoms with E-state index >= 15 is 0 Å². The molecule has 0 saturated heterocycles. The molecule has 1 aromatic rings. The number of rotatable bonds is 7. The molecule has 1 aromatic carbocycles. The predicted octanol–water partition coefficient (Wildman–Crippen LogP) is 3.34. The molecular formula is C18H27ClN2O3. The molecule has 0 amide bonds. The molecular weight excluding hydrogens is 328 g/mol. The van der Waals surface area contributed by atoms with Crippen molar-refractivity contribution in [3.8, 4) is 0 Å². The van der Waals surface area contributed by atoms with Gasteiger partial charge in [0.25, 0.3) is 0 Å². The minimum absolute atomic E-state index is 0. The first-order chi connectivity index (χ1) is 11.2. The summed E-state index contributed by atoms with van der Waals surface area (Å²) in [7, 11) is 0. The van der Waals surface area contributed by atoms with Crippen LogP contribution >= 0.6 is 12.4 Å². The molecule has 0 atom stereocenters. The predicted molar refractivity (Wildman–Crippen MR) is 98.1 cm³/mol. The fraction of sp³-hybridized carbons (Fsp3) is 0.556. The number of hydrogen-bond acceptors (Lipinski definition) is 4. The molecule has 1 aliphatic rings. The normalized spacial score (nSPS) is 15.6. The van der Waals surface area contributed by atoms with Crippen molar-refractivity contribution in [2.24, 2.45) is 10.7 Å². The van der Waals surface area contributed by atoms with Crippen LogP contribution in [0.15, 0.2) is 29.3 Å². The number of nitrogens with two attached hydrogens (primary N) is 1. The minimum Gasteiger partial charge on any atom is -0.460 e. The molecule has 0 aliphatic heterocycles. The quantitative estimate of drug-likeness (QED) is 0.353. The van der Waals surface area contributed by atoms with E-state index in [4.69, 9.17) is 15.2 Å². The van der Waals surface area contributed by atoms with E-state index in [1.165, 1.54) is 19.3 Å². The van der Waals surface area contributed by atoms with Gasteiger partial charge in [0.1, 0.15) is 12.4 Å². The molecule has 1 fully saturated rings.